The molecule has 0 spiro atoms. The van der Waals surface area contributed by atoms with Crippen LogP contribution in [-0.4, -0.2) is 26.9 Å². The molecule has 1 atom stereocenters. The molecule has 0 fully saturated rings. The van der Waals surface area contributed by atoms with Crippen molar-refractivity contribution in [3.8, 4) is 0 Å². The monoisotopic (exact) mass is 344 g/mol. The highest BCUT2D eigenvalue weighted by Gasteiger charge is 2.13. The number of nitrogens with two attached hydrogens (primary N) is 1. The first-order chi connectivity index (χ1) is 11.5. The van der Waals surface area contributed by atoms with Crippen molar-refractivity contribution in [2.75, 3.05) is 6.54 Å². The molecule has 5 nitrogen and oxygen atoms in total. The van der Waals surface area contributed by atoms with Crippen molar-refractivity contribution < 1.29 is 13.2 Å². The number of hydrogen-bond acceptors (Lipinski definition) is 4. The standard InChI is InChI=1S/C18H20N2O3S/c19-14-18(21)20-16(13-15-7-3-1-4-8-15)11-12-24(22,23)17-9-5-2-6-10-17/h1-12,16H,13-14,19H2,(H,20,21)/b12-11+/t16-/m1/s1. The molecule has 0 saturated carbocycles. The van der Waals surface area contributed by atoms with Crippen LogP contribution in [0.2, 0.25) is 0 Å². The van der Waals surface area contributed by atoms with Gasteiger partial charge >= 0.3 is 0 Å². The number of amides is 1. The Morgan fingerprint density at radius 3 is 2.21 bits per heavy atom. The number of nitrogens with one attached hydrogen (secondary N) is 1. The number of carbonyl (C=O) groups is 1. The van der Waals surface area contributed by atoms with Crippen molar-refractivity contribution >= 4 is 15.7 Å². The lowest BCUT2D eigenvalue weighted by Crippen LogP contribution is -2.39. The van der Waals surface area contributed by atoms with Gasteiger partial charge in [0, 0.05) is 5.41 Å². The summed E-state index contributed by atoms with van der Waals surface area (Å²) in [5, 5.41) is 3.86. The van der Waals surface area contributed by atoms with Gasteiger partial charge in [-0.3, -0.25) is 4.79 Å². The van der Waals surface area contributed by atoms with Gasteiger partial charge in [0.05, 0.1) is 17.5 Å². The quantitative estimate of drug-likeness (QED) is 0.799. The summed E-state index contributed by atoms with van der Waals surface area (Å²) in [6.45, 7) is -0.148. The van der Waals surface area contributed by atoms with E-state index in [1.54, 1.807) is 18.2 Å². The average Bonchev–Trinajstić information content (AvgIpc) is 2.61. The number of benzene rings is 2. The molecule has 0 aliphatic carbocycles. The molecule has 2 rings (SSSR count). The second kappa shape index (κ2) is 8.42. The fourth-order valence-corrected chi connectivity index (χ4v) is 3.28. The van der Waals surface area contributed by atoms with Gasteiger partial charge in [-0.25, -0.2) is 8.42 Å². The molecule has 0 heterocycles. The number of carbonyl (C=O) groups excluding carboxylic acids is 1. The maximum Gasteiger partial charge on any atom is 0.234 e. The summed E-state index contributed by atoms with van der Waals surface area (Å²) in [5.41, 5.74) is 6.32. The zero-order chi connectivity index (χ0) is 17.4. The summed E-state index contributed by atoms with van der Waals surface area (Å²) in [6, 6.07) is 17.2. The molecule has 0 radical (unpaired) electrons. The van der Waals surface area contributed by atoms with E-state index in [0.29, 0.717) is 6.42 Å². The molecule has 0 bridgehead atoms. The molecule has 1 amide bonds. The van der Waals surface area contributed by atoms with Crippen molar-refractivity contribution in [3.63, 3.8) is 0 Å². The minimum absolute atomic E-state index is 0.148. The average molecular weight is 344 g/mol. The Balaban J connectivity index is 2.19. The third-order valence-corrected chi connectivity index (χ3v) is 4.84. The zero-order valence-electron chi connectivity index (χ0n) is 13.1. The van der Waals surface area contributed by atoms with Crippen molar-refractivity contribution in [2.45, 2.75) is 17.4 Å². The largest absolute Gasteiger partial charge is 0.348 e. The number of sulfone groups is 1. The third-order valence-electron chi connectivity index (χ3n) is 3.39. The van der Waals surface area contributed by atoms with E-state index in [9.17, 15) is 13.2 Å². The van der Waals surface area contributed by atoms with Gasteiger partial charge in [-0.1, -0.05) is 54.6 Å². The highest BCUT2D eigenvalue weighted by atomic mass is 32.2. The van der Waals surface area contributed by atoms with Gasteiger partial charge in [0.15, 0.2) is 9.84 Å². The minimum Gasteiger partial charge on any atom is -0.348 e. The summed E-state index contributed by atoms with van der Waals surface area (Å²) in [6.07, 6.45) is 1.97. The molecule has 0 aliphatic heterocycles. The maximum absolute atomic E-state index is 12.3. The predicted molar refractivity (Wildman–Crippen MR) is 93.9 cm³/mol. The first kappa shape index (κ1) is 17.9. The Kier molecular flexibility index (Phi) is 6.28. The van der Waals surface area contributed by atoms with E-state index in [2.05, 4.69) is 5.32 Å². The Morgan fingerprint density at radius 2 is 1.62 bits per heavy atom. The van der Waals surface area contributed by atoms with Gasteiger partial charge in [-0.15, -0.1) is 0 Å². The third kappa shape index (κ3) is 5.33. The number of hydrogen-bond donors (Lipinski definition) is 2. The Morgan fingerprint density at radius 1 is 1.04 bits per heavy atom. The summed E-state index contributed by atoms with van der Waals surface area (Å²) in [4.78, 5) is 11.8. The predicted octanol–water partition coefficient (Wildman–Crippen LogP) is 1.66. The number of rotatable bonds is 7. The Bertz CT molecular complexity index is 788. The van der Waals surface area contributed by atoms with Gasteiger partial charge < -0.3 is 11.1 Å². The fraction of sp³-hybridized carbons (Fsp3) is 0.167. The van der Waals surface area contributed by atoms with Crippen LogP contribution in [0, 0.1) is 0 Å². The van der Waals surface area contributed by atoms with Crippen LogP contribution in [0.5, 0.6) is 0 Å². The Labute approximate surface area is 142 Å². The summed E-state index contributed by atoms with van der Waals surface area (Å²) >= 11 is 0. The van der Waals surface area contributed by atoms with Crippen LogP contribution in [0.3, 0.4) is 0 Å². The topological polar surface area (TPSA) is 89.3 Å². The molecule has 6 heteroatoms. The van der Waals surface area contributed by atoms with Crippen LogP contribution >= 0.6 is 0 Å². The smallest absolute Gasteiger partial charge is 0.234 e. The molecular formula is C18H20N2O3S. The lowest BCUT2D eigenvalue weighted by atomic mass is 10.1. The van der Waals surface area contributed by atoms with Gasteiger partial charge in [-0.05, 0) is 24.1 Å². The van der Waals surface area contributed by atoms with Crippen LogP contribution in [0.25, 0.3) is 0 Å². The van der Waals surface area contributed by atoms with E-state index in [0.717, 1.165) is 11.0 Å². The molecule has 2 aromatic rings. The van der Waals surface area contributed by atoms with E-state index in [4.69, 9.17) is 5.73 Å². The van der Waals surface area contributed by atoms with Crippen LogP contribution < -0.4 is 11.1 Å². The van der Waals surface area contributed by atoms with E-state index >= 15 is 0 Å². The van der Waals surface area contributed by atoms with Crippen molar-refractivity contribution in [1.82, 2.24) is 5.32 Å². The van der Waals surface area contributed by atoms with Crippen molar-refractivity contribution in [1.29, 1.82) is 0 Å². The molecule has 0 aromatic heterocycles. The summed E-state index contributed by atoms with van der Waals surface area (Å²) in [7, 11) is -3.55. The normalized spacial score (nSPS) is 12.9. The minimum atomic E-state index is -3.55. The van der Waals surface area contributed by atoms with E-state index in [-0.39, 0.29) is 17.3 Å². The van der Waals surface area contributed by atoms with Crippen molar-refractivity contribution in [3.05, 3.63) is 77.7 Å². The van der Waals surface area contributed by atoms with E-state index in [1.807, 2.05) is 30.3 Å². The van der Waals surface area contributed by atoms with Crippen LogP contribution in [0.1, 0.15) is 5.56 Å². The second-order valence-electron chi connectivity index (χ2n) is 5.25. The van der Waals surface area contributed by atoms with E-state index in [1.165, 1.54) is 18.2 Å². The van der Waals surface area contributed by atoms with Crippen molar-refractivity contribution in [2.24, 2.45) is 5.73 Å². The lowest BCUT2D eigenvalue weighted by Gasteiger charge is -2.15. The first-order valence-electron chi connectivity index (χ1n) is 7.53. The lowest BCUT2D eigenvalue weighted by molar-refractivity contribution is -0.120. The highest BCUT2D eigenvalue weighted by Crippen LogP contribution is 2.12. The van der Waals surface area contributed by atoms with Gasteiger partial charge in [-0.2, -0.15) is 0 Å². The van der Waals surface area contributed by atoms with Crippen LogP contribution in [0.15, 0.2) is 77.0 Å². The van der Waals surface area contributed by atoms with Gasteiger partial charge in [0.25, 0.3) is 0 Å². The van der Waals surface area contributed by atoms with Crippen LogP contribution in [0.4, 0.5) is 0 Å². The zero-order valence-corrected chi connectivity index (χ0v) is 13.9. The molecule has 126 valence electrons. The maximum atomic E-state index is 12.3. The van der Waals surface area contributed by atoms with Crippen LogP contribution in [-0.2, 0) is 21.1 Å². The van der Waals surface area contributed by atoms with Gasteiger partial charge in [0.2, 0.25) is 5.91 Å². The SMILES string of the molecule is NCC(=O)N[C@H](/C=C/S(=O)(=O)c1ccccc1)Cc1ccccc1. The molecule has 2 aromatic carbocycles. The Hall–Kier alpha value is -2.44. The first-order valence-corrected chi connectivity index (χ1v) is 9.07. The molecule has 3 N–H and O–H groups in total. The molecular weight excluding hydrogens is 324 g/mol. The second-order valence-corrected chi connectivity index (χ2v) is 7.09. The molecule has 0 aliphatic rings. The molecule has 0 unspecified atom stereocenters. The van der Waals surface area contributed by atoms with Gasteiger partial charge in [0.1, 0.15) is 0 Å². The van der Waals surface area contributed by atoms with E-state index < -0.39 is 15.9 Å². The summed E-state index contributed by atoms with van der Waals surface area (Å²) < 4.78 is 24.6. The fourth-order valence-electron chi connectivity index (χ4n) is 2.19. The highest BCUT2D eigenvalue weighted by molar-refractivity contribution is 7.94. The molecule has 0 saturated heterocycles. The molecule has 24 heavy (non-hydrogen) atoms. The summed E-state index contributed by atoms with van der Waals surface area (Å²) in [5.74, 6) is -0.335.